The zero-order valence-electron chi connectivity index (χ0n) is 17.4. The fourth-order valence-corrected chi connectivity index (χ4v) is 4.79. The van der Waals surface area contributed by atoms with Gasteiger partial charge in [0.2, 0.25) is 0 Å². The van der Waals surface area contributed by atoms with Gasteiger partial charge in [0.15, 0.2) is 0 Å². The normalized spacial score (nSPS) is 18.4. The molecule has 0 aliphatic heterocycles. The lowest BCUT2D eigenvalue weighted by molar-refractivity contribution is 0.0584. The van der Waals surface area contributed by atoms with Crippen LogP contribution in [0.3, 0.4) is 0 Å². The number of hydrogen-bond donors (Lipinski definition) is 2. The largest absolute Gasteiger partial charge is 0.330 e. The Morgan fingerprint density at radius 3 is 2.45 bits per heavy atom. The monoisotopic (exact) mass is 433 g/mol. The average Bonchev–Trinajstić information content (AvgIpc) is 3.34. The van der Waals surface area contributed by atoms with Crippen LogP contribution in [0.15, 0.2) is 72.1 Å². The number of carbonyl (C=O) groups excluding carboxylic acids is 2. The van der Waals surface area contributed by atoms with Crippen LogP contribution in [-0.4, -0.2) is 28.8 Å². The predicted octanol–water partition coefficient (Wildman–Crippen LogP) is 4.91. The van der Waals surface area contributed by atoms with E-state index in [1.165, 1.54) is 11.3 Å². The van der Waals surface area contributed by atoms with Gasteiger partial charge in [-0.2, -0.15) is 0 Å². The molecule has 2 amide bonds. The molecule has 1 aliphatic carbocycles. The van der Waals surface area contributed by atoms with Crippen LogP contribution in [0.2, 0.25) is 0 Å². The lowest BCUT2D eigenvalue weighted by Crippen LogP contribution is -2.51. The maximum Gasteiger partial charge on any atom is 0.265 e. The van der Waals surface area contributed by atoms with Crippen molar-refractivity contribution in [2.45, 2.75) is 44.3 Å². The van der Waals surface area contributed by atoms with Gasteiger partial charge < -0.3 is 16.0 Å². The topological polar surface area (TPSA) is 75.4 Å². The number of rotatable bonds is 6. The summed E-state index contributed by atoms with van der Waals surface area (Å²) in [6.45, 7) is 0.396. The maximum atomic E-state index is 13.5. The molecule has 2 unspecified atom stereocenters. The minimum Gasteiger partial charge on any atom is -0.330 e. The Morgan fingerprint density at radius 1 is 0.968 bits per heavy atom. The van der Waals surface area contributed by atoms with E-state index in [1.54, 1.807) is 6.07 Å². The third kappa shape index (κ3) is 5.03. The Hall–Kier alpha value is -2.96. The molecule has 6 heteroatoms. The molecule has 1 aliphatic rings. The second-order valence-corrected chi connectivity index (χ2v) is 8.85. The summed E-state index contributed by atoms with van der Waals surface area (Å²) in [4.78, 5) is 28.7. The van der Waals surface area contributed by atoms with Gasteiger partial charge in [0.25, 0.3) is 11.8 Å². The Balaban J connectivity index is 1.62. The van der Waals surface area contributed by atoms with Gasteiger partial charge in [0.1, 0.15) is 0 Å². The number of hydrogen-bond acceptors (Lipinski definition) is 4. The number of nitrogens with zero attached hydrogens (tertiary/aromatic N) is 1. The fraction of sp³-hybridized carbons (Fsp3) is 0.280. The second-order valence-electron chi connectivity index (χ2n) is 7.90. The quantitative estimate of drug-likeness (QED) is 0.580. The van der Waals surface area contributed by atoms with Crippen molar-refractivity contribution in [1.82, 2.24) is 4.90 Å². The lowest BCUT2D eigenvalue weighted by Gasteiger charge is -2.39. The SMILES string of the molecule is NC1CCCCC1N(Cc1ccccc1NC(=O)c1cccs1)C(=O)c1ccccc1. The second kappa shape index (κ2) is 9.90. The van der Waals surface area contributed by atoms with Crippen LogP contribution < -0.4 is 11.1 Å². The van der Waals surface area contributed by atoms with Crippen LogP contribution in [0, 0.1) is 0 Å². The summed E-state index contributed by atoms with van der Waals surface area (Å²) < 4.78 is 0. The lowest BCUT2D eigenvalue weighted by atomic mass is 9.89. The summed E-state index contributed by atoms with van der Waals surface area (Å²) in [6, 6.07) is 20.6. The molecule has 0 bridgehead atoms. The van der Waals surface area contributed by atoms with E-state index >= 15 is 0 Å². The molecule has 5 nitrogen and oxygen atoms in total. The van der Waals surface area contributed by atoms with Crippen molar-refractivity contribution in [3.8, 4) is 0 Å². The standard InChI is InChI=1S/C25H27N3O2S/c26-20-12-5-7-14-22(20)28(25(30)18-9-2-1-3-10-18)17-19-11-4-6-13-21(19)27-24(29)23-15-8-16-31-23/h1-4,6,8-11,13,15-16,20,22H,5,7,12,14,17,26H2,(H,27,29). The van der Waals surface area contributed by atoms with E-state index in [0.29, 0.717) is 17.0 Å². The molecule has 2 aromatic carbocycles. The summed E-state index contributed by atoms with van der Waals surface area (Å²) in [5, 5.41) is 4.89. The molecule has 1 saturated carbocycles. The third-order valence-corrected chi connectivity index (χ3v) is 6.68. The van der Waals surface area contributed by atoms with Gasteiger partial charge in [-0.3, -0.25) is 9.59 Å². The minimum atomic E-state index is -0.141. The minimum absolute atomic E-state index is 0.0255. The fourth-order valence-electron chi connectivity index (χ4n) is 4.17. The number of thiophene rings is 1. The smallest absolute Gasteiger partial charge is 0.265 e. The first-order chi connectivity index (χ1) is 15.1. The molecule has 0 radical (unpaired) electrons. The van der Waals surface area contributed by atoms with Gasteiger partial charge in [-0.1, -0.05) is 55.3 Å². The van der Waals surface area contributed by atoms with E-state index in [1.807, 2.05) is 70.9 Å². The van der Waals surface area contributed by atoms with Gasteiger partial charge >= 0.3 is 0 Å². The summed E-state index contributed by atoms with van der Waals surface area (Å²) in [5.74, 6) is -0.167. The highest BCUT2D eigenvalue weighted by atomic mass is 32.1. The Morgan fingerprint density at radius 2 is 1.71 bits per heavy atom. The molecule has 160 valence electrons. The molecule has 0 spiro atoms. The Labute approximate surface area is 186 Å². The summed E-state index contributed by atoms with van der Waals surface area (Å²) >= 11 is 1.40. The van der Waals surface area contributed by atoms with Gasteiger partial charge in [-0.25, -0.2) is 0 Å². The van der Waals surface area contributed by atoms with Crippen molar-refractivity contribution >= 4 is 28.8 Å². The van der Waals surface area contributed by atoms with Crippen molar-refractivity contribution in [2.75, 3.05) is 5.32 Å². The van der Waals surface area contributed by atoms with Crippen molar-refractivity contribution < 1.29 is 9.59 Å². The number of benzene rings is 2. The first-order valence-electron chi connectivity index (χ1n) is 10.7. The Kier molecular flexibility index (Phi) is 6.79. The molecule has 31 heavy (non-hydrogen) atoms. The van der Waals surface area contributed by atoms with E-state index in [-0.39, 0.29) is 23.9 Å². The number of para-hydroxylation sites is 1. The van der Waals surface area contributed by atoms with E-state index in [9.17, 15) is 9.59 Å². The van der Waals surface area contributed by atoms with Crippen LogP contribution in [0.5, 0.6) is 0 Å². The molecular formula is C25H27N3O2S. The Bertz CT molecular complexity index is 1020. The number of amides is 2. The molecule has 0 saturated heterocycles. The molecule has 3 aromatic rings. The summed E-state index contributed by atoms with van der Waals surface area (Å²) in [6.07, 6.45) is 3.97. The molecule has 4 rings (SSSR count). The van der Waals surface area contributed by atoms with E-state index < -0.39 is 0 Å². The maximum absolute atomic E-state index is 13.5. The molecular weight excluding hydrogens is 406 g/mol. The number of nitrogens with two attached hydrogens (primary N) is 1. The van der Waals surface area contributed by atoms with Gasteiger partial charge in [-0.05, 0) is 48.1 Å². The van der Waals surface area contributed by atoms with Crippen LogP contribution in [0.4, 0.5) is 5.69 Å². The first-order valence-corrected chi connectivity index (χ1v) is 11.6. The molecule has 1 fully saturated rings. The van der Waals surface area contributed by atoms with Crippen LogP contribution >= 0.6 is 11.3 Å². The highest BCUT2D eigenvalue weighted by Gasteiger charge is 2.32. The zero-order valence-corrected chi connectivity index (χ0v) is 18.2. The number of anilines is 1. The average molecular weight is 434 g/mol. The first kappa shape index (κ1) is 21.3. The molecule has 2 atom stereocenters. The number of carbonyl (C=O) groups is 2. The number of nitrogens with one attached hydrogen (secondary N) is 1. The van der Waals surface area contributed by atoms with Gasteiger partial charge in [0.05, 0.1) is 4.88 Å². The van der Waals surface area contributed by atoms with E-state index in [4.69, 9.17) is 5.73 Å². The molecule has 1 aromatic heterocycles. The predicted molar refractivity (Wildman–Crippen MR) is 125 cm³/mol. The third-order valence-electron chi connectivity index (χ3n) is 5.81. The van der Waals surface area contributed by atoms with Crippen LogP contribution in [0.25, 0.3) is 0 Å². The van der Waals surface area contributed by atoms with E-state index in [0.717, 1.165) is 36.9 Å². The van der Waals surface area contributed by atoms with Crippen molar-refractivity contribution in [3.05, 3.63) is 88.1 Å². The van der Waals surface area contributed by atoms with E-state index in [2.05, 4.69) is 5.32 Å². The highest BCUT2D eigenvalue weighted by molar-refractivity contribution is 7.12. The highest BCUT2D eigenvalue weighted by Crippen LogP contribution is 2.27. The van der Waals surface area contributed by atoms with Crippen LogP contribution in [0.1, 0.15) is 51.3 Å². The van der Waals surface area contributed by atoms with Crippen LogP contribution in [-0.2, 0) is 6.54 Å². The zero-order chi connectivity index (χ0) is 21.6. The molecule has 3 N–H and O–H groups in total. The summed E-state index contributed by atoms with van der Waals surface area (Å²) in [7, 11) is 0. The molecule has 1 heterocycles. The summed E-state index contributed by atoms with van der Waals surface area (Å²) in [5.41, 5.74) is 8.74. The van der Waals surface area contributed by atoms with Gasteiger partial charge in [0, 0.05) is 29.9 Å². The van der Waals surface area contributed by atoms with Crippen molar-refractivity contribution in [3.63, 3.8) is 0 Å². The van der Waals surface area contributed by atoms with Crippen molar-refractivity contribution in [1.29, 1.82) is 0 Å². The van der Waals surface area contributed by atoms with Crippen molar-refractivity contribution in [2.24, 2.45) is 5.73 Å². The van der Waals surface area contributed by atoms with Gasteiger partial charge in [-0.15, -0.1) is 11.3 Å².